The molecule has 0 fully saturated rings. The number of ether oxygens (including phenoxy) is 1. The predicted octanol–water partition coefficient (Wildman–Crippen LogP) is 0.0231. The molecule has 0 aromatic heterocycles. The quantitative estimate of drug-likeness (QED) is 0.610. The van der Waals surface area contributed by atoms with Gasteiger partial charge in [-0.05, 0) is 24.7 Å². The molecule has 0 saturated heterocycles. The van der Waals surface area contributed by atoms with Crippen LogP contribution >= 0.6 is 0 Å². The predicted molar refractivity (Wildman–Crippen MR) is 77.3 cm³/mol. The van der Waals surface area contributed by atoms with Crippen molar-refractivity contribution in [3.05, 3.63) is 18.2 Å². The fraction of sp³-hybridized carbons (Fsp3) is 0.385. The minimum Gasteiger partial charge on any atom is -0.495 e. The number of nitrogen functional groups attached to an aromatic ring is 1. The average molecular weight is 280 g/mol. The highest BCUT2D eigenvalue weighted by molar-refractivity contribution is 5.94. The molecule has 20 heavy (non-hydrogen) atoms. The van der Waals surface area contributed by atoms with Gasteiger partial charge in [0.15, 0.2) is 0 Å². The fourth-order valence-corrected chi connectivity index (χ4v) is 1.72. The molecule has 110 valence electrons. The maximum atomic E-state index is 11.9. The number of hydrogen-bond donors (Lipinski definition) is 3. The van der Waals surface area contributed by atoms with E-state index in [-0.39, 0.29) is 19.0 Å². The molecule has 0 unspecified atom stereocenters. The average Bonchev–Trinajstić information content (AvgIpc) is 2.37. The molecule has 0 aliphatic heterocycles. The van der Waals surface area contributed by atoms with Gasteiger partial charge in [0.2, 0.25) is 11.8 Å². The van der Waals surface area contributed by atoms with Crippen LogP contribution in [0.15, 0.2) is 18.2 Å². The second kappa shape index (κ2) is 7.34. The molecule has 7 nitrogen and oxygen atoms in total. The molecule has 1 aromatic carbocycles. The smallest absolute Gasteiger partial charge is 0.238 e. The molecule has 0 aliphatic rings. The van der Waals surface area contributed by atoms with Gasteiger partial charge < -0.3 is 21.5 Å². The van der Waals surface area contributed by atoms with Gasteiger partial charge in [-0.15, -0.1) is 0 Å². The summed E-state index contributed by atoms with van der Waals surface area (Å²) in [6.45, 7) is 2.50. The van der Waals surface area contributed by atoms with Crippen LogP contribution in [0.1, 0.15) is 6.92 Å². The molecular formula is C13H20N4O3. The van der Waals surface area contributed by atoms with Crippen LogP contribution in [-0.2, 0) is 9.59 Å². The standard InChI is InChI=1S/C13H20N4O3/c1-3-17(7-12(15)18)8-13(19)16-10-6-9(14)4-5-11(10)20-2/h4-6H,3,7-8,14H2,1-2H3,(H2,15,18)(H,16,19). The Bertz CT molecular complexity index is 491. The molecule has 7 heteroatoms. The van der Waals surface area contributed by atoms with Crippen molar-refractivity contribution in [3.63, 3.8) is 0 Å². The summed E-state index contributed by atoms with van der Waals surface area (Å²) in [5.74, 6) is -0.219. The molecule has 0 bridgehead atoms. The third-order valence-electron chi connectivity index (χ3n) is 2.69. The van der Waals surface area contributed by atoms with Crippen LogP contribution in [0.2, 0.25) is 0 Å². The molecular weight excluding hydrogens is 260 g/mol. The number of carbonyl (C=O) groups excluding carboxylic acids is 2. The first-order valence-electron chi connectivity index (χ1n) is 6.20. The van der Waals surface area contributed by atoms with Crippen molar-refractivity contribution >= 4 is 23.2 Å². The topological polar surface area (TPSA) is 111 Å². The van der Waals surface area contributed by atoms with E-state index >= 15 is 0 Å². The van der Waals surface area contributed by atoms with E-state index in [1.807, 2.05) is 6.92 Å². The van der Waals surface area contributed by atoms with Crippen LogP contribution in [0.5, 0.6) is 5.75 Å². The monoisotopic (exact) mass is 280 g/mol. The maximum absolute atomic E-state index is 11.9. The molecule has 1 aromatic rings. The molecule has 0 heterocycles. The van der Waals surface area contributed by atoms with E-state index in [2.05, 4.69) is 5.32 Å². The lowest BCUT2D eigenvalue weighted by Crippen LogP contribution is -2.39. The lowest BCUT2D eigenvalue weighted by molar-refractivity contribution is -0.121. The van der Waals surface area contributed by atoms with Gasteiger partial charge in [0.25, 0.3) is 0 Å². The number of anilines is 2. The zero-order chi connectivity index (χ0) is 15.1. The maximum Gasteiger partial charge on any atom is 0.238 e. The van der Waals surface area contributed by atoms with Crippen molar-refractivity contribution in [1.29, 1.82) is 0 Å². The number of nitrogens with one attached hydrogen (secondary N) is 1. The number of nitrogens with two attached hydrogens (primary N) is 2. The first-order valence-corrected chi connectivity index (χ1v) is 6.20. The van der Waals surface area contributed by atoms with Gasteiger partial charge in [0.1, 0.15) is 5.75 Å². The Morgan fingerprint density at radius 1 is 1.35 bits per heavy atom. The first kappa shape index (κ1) is 15.8. The highest BCUT2D eigenvalue weighted by Gasteiger charge is 2.13. The minimum absolute atomic E-state index is 0.0397. The Labute approximate surface area is 117 Å². The summed E-state index contributed by atoms with van der Waals surface area (Å²) >= 11 is 0. The SMILES string of the molecule is CCN(CC(N)=O)CC(=O)Nc1cc(N)ccc1OC. The van der Waals surface area contributed by atoms with E-state index in [1.165, 1.54) is 7.11 Å². The lowest BCUT2D eigenvalue weighted by atomic mass is 10.2. The third-order valence-corrected chi connectivity index (χ3v) is 2.69. The largest absolute Gasteiger partial charge is 0.495 e. The number of rotatable bonds is 7. The van der Waals surface area contributed by atoms with Crippen LogP contribution in [0.25, 0.3) is 0 Å². The van der Waals surface area contributed by atoms with E-state index in [9.17, 15) is 9.59 Å². The van der Waals surface area contributed by atoms with E-state index in [0.29, 0.717) is 23.7 Å². The van der Waals surface area contributed by atoms with E-state index in [4.69, 9.17) is 16.2 Å². The normalized spacial score (nSPS) is 10.3. The number of hydrogen-bond acceptors (Lipinski definition) is 5. The van der Waals surface area contributed by atoms with Crippen LogP contribution in [-0.4, -0.2) is 43.5 Å². The molecule has 2 amide bonds. The highest BCUT2D eigenvalue weighted by Crippen LogP contribution is 2.26. The Morgan fingerprint density at radius 2 is 2.05 bits per heavy atom. The van der Waals surface area contributed by atoms with Crippen LogP contribution < -0.4 is 21.5 Å². The number of methoxy groups -OCH3 is 1. The third kappa shape index (κ3) is 4.77. The van der Waals surface area contributed by atoms with Crippen molar-refractivity contribution in [3.8, 4) is 5.75 Å². The van der Waals surface area contributed by atoms with E-state index < -0.39 is 5.91 Å². The number of carbonyl (C=O) groups is 2. The Hall–Kier alpha value is -2.28. The van der Waals surface area contributed by atoms with Crippen molar-refractivity contribution in [1.82, 2.24) is 4.90 Å². The molecule has 0 saturated carbocycles. The van der Waals surface area contributed by atoms with Gasteiger partial charge in [-0.2, -0.15) is 0 Å². The second-order valence-electron chi connectivity index (χ2n) is 4.28. The summed E-state index contributed by atoms with van der Waals surface area (Å²) in [6.07, 6.45) is 0. The lowest BCUT2D eigenvalue weighted by Gasteiger charge is -2.18. The van der Waals surface area contributed by atoms with Gasteiger partial charge in [0, 0.05) is 5.69 Å². The molecule has 5 N–H and O–H groups in total. The van der Waals surface area contributed by atoms with Crippen LogP contribution in [0.3, 0.4) is 0 Å². The number of primary amides is 1. The number of amides is 2. The number of likely N-dealkylation sites (N-methyl/N-ethyl adjacent to an activating group) is 1. The number of nitrogens with zero attached hydrogens (tertiary/aromatic N) is 1. The van der Waals surface area contributed by atoms with Crippen molar-refractivity contribution < 1.29 is 14.3 Å². The summed E-state index contributed by atoms with van der Waals surface area (Å²) in [7, 11) is 1.51. The fourth-order valence-electron chi connectivity index (χ4n) is 1.72. The van der Waals surface area contributed by atoms with Crippen LogP contribution in [0, 0.1) is 0 Å². The first-order chi connectivity index (χ1) is 9.46. The molecule has 0 aliphatic carbocycles. The Balaban J connectivity index is 2.70. The van der Waals surface area contributed by atoms with Gasteiger partial charge >= 0.3 is 0 Å². The summed E-state index contributed by atoms with van der Waals surface area (Å²) in [4.78, 5) is 24.4. The molecule has 0 radical (unpaired) electrons. The van der Waals surface area contributed by atoms with Crippen molar-refractivity contribution in [2.24, 2.45) is 5.73 Å². The van der Waals surface area contributed by atoms with Crippen molar-refractivity contribution in [2.75, 3.05) is 37.8 Å². The van der Waals surface area contributed by atoms with Gasteiger partial charge in [-0.1, -0.05) is 6.92 Å². The van der Waals surface area contributed by atoms with Crippen molar-refractivity contribution in [2.45, 2.75) is 6.92 Å². The summed E-state index contributed by atoms with van der Waals surface area (Å²) in [5, 5.41) is 2.70. The number of benzene rings is 1. The molecule has 0 spiro atoms. The Kier molecular flexibility index (Phi) is 5.79. The van der Waals surface area contributed by atoms with Gasteiger partial charge in [-0.3, -0.25) is 14.5 Å². The highest BCUT2D eigenvalue weighted by atomic mass is 16.5. The zero-order valence-electron chi connectivity index (χ0n) is 11.7. The summed E-state index contributed by atoms with van der Waals surface area (Å²) in [5.41, 5.74) is 11.8. The summed E-state index contributed by atoms with van der Waals surface area (Å²) < 4.78 is 5.14. The van der Waals surface area contributed by atoms with Gasteiger partial charge in [-0.25, -0.2) is 0 Å². The zero-order valence-corrected chi connectivity index (χ0v) is 11.7. The van der Waals surface area contributed by atoms with Crippen LogP contribution in [0.4, 0.5) is 11.4 Å². The van der Waals surface area contributed by atoms with E-state index in [1.54, 1.807) is 23.1 Å². The Morgan fingerprint density at radius 3 is 2.60 bits per heavy atom. The minimum atomic E-state index is -0.471. The van der Waals surface area contributed by atoms with E-state index in [0.717, 1.165) is 0 Å². The van der Waals surface area contributed by atoms with Gasteiger partial charge in [0.05, 0.1) is 25.9 Å². The molecule has 0 atom stereocenters. The molecule has 1 rings (SSSR count). The second-order valence-corrected chi connectivity index (χ2v) is 4.28. The summed E-state index contributed by atoms with van der Waals surface area (Å²) in [6, 6.07) is 4.97.